The fourth-order valence-electron chi connectivity index (χ4n) is 3.88. The number of rotatable bonds is 6. The molecular weight excluding hydrogens is 360 g/mol. The third-order valence-electron chi connectivity index (χ3n) is 5.62. The van der Waals surface area contributed by atoms with Gasteiger partial charge in [0.1, 0.15) is 0 Å². The minimum Gasteiger partial charge on any atom is -0.333 e. The normalized spacial score (nSPS) is 16.7. The van der Waals surface area contributed by atoms with Crippen LogP contribution in [0.3, 0.4) is 0 Å². The van der Waals surface area contributed by atoms with Crippen molar-refractivity contribution in [2.45, 2.75) is 32.2 Å². The maximum Gasteiger partial charge on any atom is 0.223 e. The fourth-order valence-corrected chi connectivity index (χ4v) is 3.88. The molecule has 0 spiro atoms. The molecule has 0 aliphatic carbocycles. The van der Waals surface area contributed by atoms with E-state index in [0.29, 0.717) is 12.8 Å². The molecular formula is C24H28N4O. The van der Waals surface area contributed by atoms with Crippen LogP contribution in [0.25, 0.3) is 5.69 Å². The summed E-state index contributed by atoms with van der Waals surface area (Å²) in [6.07, 6.45) is 6.12. The Bertz CT molecular complexity index is 933. The number of piperazine rings is 1. The number of hydrogen-bond acceptors (Lipinski definition) is 3. The van der Waals surface area contributed by atoms with E-state index in [0.717, 1.165) is 37.3 Å². The lowest BCUT2D eigenvalue weighted by molar-refractivity contribution is -0.134. The van der Waals surface area contributed by atoms with Crippen LogP contribution in [0.15, 0.2) is 67.0 Å². The largest absolute Gasteiger partial charge is 0.333 e. The Morgan fingerprint density at radius 1 is 1.10 bits per heavy atom. The van der Waals surface area contributed by atoms with Gasteiger partial charge in [-0.3, -0.25) is 4.79 Å². The van der Waals surface area contributed by atoms with Gasteiger partial charge in [-0.05, 0) is 41.7 Å². The van der Waals surface area contributed by atoms with Gasteiger partial charge in [0.15, 0.2) is 0 Å². The second kappa shape index (κ2) is 9.05. The van der Waals surface area contributed by atoms with Crippen LogP contribution in [-0.4, -0.2) is 40.2 Å². The lowest BCUT2D eigenvalue weighted by Gasteiger charge is -2.36. The van der Waals surface area contributed by atoms with Crippen LogP contribution in [0.4, 0.5) is 0 Å². The van der Waals surface area contributed by atoms with Gasteiger partial charge in [0.25, 0.3) is 0 Å². The molecule has 1 saturated heterocycles. The van der Waals surface area contributed by atoms with Crippen molar-refractivity contribution < 1.29 is 4.79 Å². The number of para-hydroxylation sites is 1. The zero-order valence-electron chi connectivity index (χ0n) is 16.9. The van der Waals surface area contributed by atoms with Gasteiger partial charge < -0.3 is 10.2 Å². The number of aromatic nitrogens is 2. The van der Waals surface area contributed by atoms with Crippen LogP contribution in [0, 0.1) is 0 Å². The molecule has 29 heavy (non-hydrogen) atoms. The average molecular weight is 389 g/mol. The first kappa shape index (κ1) is 19.4. The molecule has 1 atom stereocenters. The number of aryl methyl sites for hydroxylation is 2. The van der Waals surface area contributed by atoms with E-state index >= 15 is 0 Å². The summed E-state index contributed by atoms with van der Waals surface area (Å²) >= 11 is 0. The standard InChI is InChI=1S/C24H28N4O/c1-2-19-8-11-21(12-9-19)23-17-25-14-15-27(23)24(29)13-10-20-16-26-28(18-20)22-6-4-3-5-7-22/h3-9,11-12,16,18,23,25H,2,10,13-15,17H2,1H3. The van der Waals surface area contributed by atoms with Gasteiger partial charge in [-0.1, -0.05) is 49.4 Å². The molecule has 5 heteroatoms. The highest BCUT2D eigenvalue weighted by molar-refractivity contribution is 5.77. The Balaban J connectivity index is 1.40. The lowest BCUT2D eigenvalue weighted by atomic mass is 10.00. The third-order valence-corrected chi connectivity index (χ3v) is 5.62. The van der Waals surface area contributed by atoms with Crippen LogP contribution in [-0.2, 0) is 17.6 Å². The van der Waals surface area contributed by atoms with E-state index in [-0.39, 0.29) is 11.9 Å². The van der Waals surface area contributed by atoms with Gasteiger partial charge in [0.2, 0.25) is 5.91 Å². The SMILES string of the molecule is CCc1ccc(C2CNCCN2C(=O)CCc2cnn(-c3ccccc3)c2)cc1. The van der Waals surface area contributed by atoms with Crippen molar-refractivity contribution in [1.29, 1.82) is 0 Å². The maximum absolute atomic E-state index is 13.0. The van der Waals surface area contributed by atoms with Crippen LogP contribution in [0.5, 0.6) is 0 Å². The molecule has 1 aliphatic rings. The number of nitrogens with zero attached hydrogens (tertiary/aromatic N) is 3. The number of carbonyl (C=O) groups is 1. The third kappa shape index (κ3) is 4.57. The molecule has 1 N–H and O–H groups in total. The molecule has 1 amide bonds. The van der Waals surface area contributed by atoms with E-state index < -0.39 is 0 Å². The topological polar surface area (TPSA) is 50.2 Å². The van der Waals surface area contributed by atoms with E-state index in [9.17, 15) is 4.79 Å². The smallest absolute Gasteiger partial charge is 0.223 e. The van der Waals surface area contributed by atoms with Gasteiger partial charge in [0, 0.05) is 32.3 Å². The van der Waals surface area contributed by atoms with Gasteiger partial charge in [-0.15, -0.1) is 0 Å². The van der Waals surface area contributed by atoms with Crippen LogP contribution >= 0.6 is 0 Å². The highest BCUT2D eigenvalue weighted by atomic mass is 16.2. The second-order valence-electron chi connectivity index (χ2n) is 7.53. The first-order valence-corrected chi connectivity index (χ1v) is 10.4. The van der Waals surface area contributed by atoms with Gasteiger partial charge >= 0.3 is 0 Å². The lowest BCUT2D eigenvalue weighted by Crippen LogP contribution is -2.48. The number of nitrogens with one attached hydrogen (secondary N) is 1. The first-order valence-electron chi connectivity index (χ1n) is 10.4. The van der Waals surface area contributed by atoms with E-state index in [1.165, 1.54) is 11.1 Å². The van der Waals surface area contributed by atoms with E-state index in [2.05, 4.69) is 41.6 Å². The van der Waals surface area contributed by atoms with E-state index in [1.54, 1.807) is 0 Å². The summed E-state index contributed by atoms with van der Waals surface area (Å²) in [4.78, 5) is 15.1. The van der Waals surface area contributed by atoms with Crippen LogP contribution in [0.2, 0.25) is 0 Å². The molecule has 0 radical (unpaired) electrons. The molecule has 5 nitrogen and oxygen atoms in total. The average Bonchev–Trinajstić information content (AvgIpc) is 3.27. The zero-order chi connectivity index (χ0) is 20.1. The fraction of sp³-hybridized carbons (Fsp3) is 0.333. The minimum atomic E-state index is 0.106. The Kier molecular flexibility index (Phi) is 6.06. The summed E-state index contributed by atoms with van der Waals surface area (Å²) in [5, 5.41) is 7.87. The maximum atomic E-state index is 13.0. The summed E-state index contributed by atoms with van der Waals surface area (Å²) < 4.78 is 1.86. The predicted octanol–water partition coefficient (Wildman–Crippen LogP) is 3.54. The summed E-state index contributed by atoms with van der Waals surface area (Å²) in [5.74, 6) is 0.212. The monoisotopic (exact) mass is 388 g/mol. The van der Waals surface area contributed by atoms with Gasteiger partial charge in [-0.25, -0.2) is 4.68 Å². The highest BCUT2D eigenvalue weighted by Gasteiger charge is 2.27. The summed E-state index contributed by atoms with van der Waals surface area (Å²) in [5.41, 5.74) is 4.65. The molecule has 1 aromatic heterocycles. The van der Waals surface area contributed by atoms with Crippen LogP contribution in [0.1, 0.15) is 36.1 Å². The molecule has 3 aromatic rings. The Morgan fingerprint density at radius 2 is 1.90 bits per heavy atom. The molecule has 0 bridgehead atoms. The number of amides is 1. The first-order chi connectivity index (χ1) is 14.2. The van der Waals surface area contributed by atoms with Gasteiger partial charge in [-0.2, -0.15) is 5.10 Å². The zero-order valence-corrected chi connectivity index (χ0v) is 16.9. The van der Waals surface area contributed by atoms with Crippen molar-refractivity contribution in [2.24, 2.45) is 0 Å². The highest BCUT2D eigenvalue weighted by Crippen LogP contribution is 2.24. The predicted molar refractivity (Wildman–Crippen MR) is 115 cm³/mol. The number of hydrogen-bond donors (Lipinski definition) is 1. The molecule has 1 unspecified atom stereocenters. The van der Waals surface area contributed by atoms with Gasteiger partial charge in [0.05, 0.1) is 17.9 Å². The Morgan fingerprint density at radius 3 is 2.66 bits per heavy atom. The quantitative estimate of drug-likeness (QED) is 0.703. The Labute approximate surface area is 172 Å². The minimum absolute atomic E-state index is 0.106. The van der Waals surface area contributed by atoms with Crippen molar-refractivity contribution in [3.05, 3.63) is 83.7 Å². The summed E-state index contributed by atoms with van der Waals surface area (Å²) in [7, 11) is 0. The summed E-state index contributed by atoms with van der Waals surface area (Å²) in [6, 6.07) is 18.8. The molecule has 2 aromatic carbocycles. The van der Waals surface area contributed by atoms with Crippen molar-refractivity contribution in [2.75, 3.05) is 19.6 Å². The number of carbonyl (C=O) groups excluding carboxylic acids is 1. The number of benzene rings is 2. The molecule has 0 saturated carbocycles. The van der Waals surface area contributed by atoms with Crippen LogP contribution < -0.4 is 5.32 Å². The molecule has 1 aliphatic heterocycles. The molecule has 1 fully saturated rings. The molecule has 2 heterocycles. The summed E-state index contributed by atoms with van der Waals surface area (Å²) in [6.45, 7) is 4.57. The van der Waals surface area contributed by atoms with E-state index in [1.807, 2.05) is 52.3 Å². The van der Waals surface area contributed by atoms with Crippen molar-refractivity contribution >= 4 is 5.91 Å². The van der Waals surface area contributed by atoms with Crippen molar-refractivity contribution in [1.82, 2.24) is 20.0 Å². The molecule has 4 rings (SSSR count). The van der Waals surface area contributed by atoms with Crippen molar-refractivity contribution in [3.63, 3.8) is 0 Å². The second-order valence-corrected chi connectivity index (χ2v) is 7.53. The van der Waals surface area contributed by atoms with E-state index in [4.69, 9.17) is 0 Å². The molecule has 150 valence electrons. The van der Waals surface area contributed by atoms with Crippen molar-refractivity contribution in [3.8, 4) is 5.69 Å². The Hall–Kier alpha value is -2.92.